The molecule has 1 atom stereocenters. The van der Waals surface area contributed by atoms with Crippen LogP contribution in [0.4, 0.5) is 4.39 Å². The van der Waals surface area contributed by atoms with Crippen LogP contribution in [-0.4, -0.2) is 48.6 Å². The van der Waals surface area contributed by atoms with E-state index in [4.69, 9.17) is 9.15 Å². The first-order chi connectivity index (χ1) is 12.2. The molecule has 2 aromatic rings. The van der Waals surface area contributed by atoms with Crippen molar-refractivity contribution in [3.05, 3.63) is 54.2 Å². The second kappa shape index (κ2) is 8.92. The van der Waals surface area contributed by atoms with Gasteiger partial charge in [-0.25, -0.2) is 4.39 Å². The highest BCUT2D eigenvalue weighted by Crippen LogP contribution is 2.24. The van der Waals surface area contributed by atoms with Crippen LogP contribution >= 0.6 is 11.8 Å². The number of nitrogens with zero attached hydrogens (tertiary/aromatic N) is 1. The van der Waals surface area contributed by atoms with Gasteiger partial charge in [0, 0.05) is 31.1 Å². The molecule has 5 nitrogen and oxygen atoms in total. The summed E-state index contributed by atoms with van der Waals surface area (Å²) in [5.74, 6) is 2.29. The van der Waals surface area contributed by atoms with Gasteiger partial charge in [-0.2, -0.15) is 11.8 Å². The summed E-state index contributed by atoms with van der Waals surface area (Å²) in [4.78, 5) is 14.4. The minimum Gasteiger partial charge on any atom is -0.481 e. The smallest absolute Gasteiger partial charge is 0.258 e. The Kier molecular flexibility index (Phi) is 6.36. The lowest BCUT2D eigenvalue weighted by Gasteiger charge is -2.33. The van der Waals surface area contributed by atoms with Crippen LogP contribution in [0.1, 0.15) is 11.8 Å². The maximum atomic E-state index is 13.5. The molecule has 1 aliphatic rings. The van der Waals surface area contributed by atoms with Gasteiger partial charge in [-0.3, -0.25) is 9.69 Å². The number of amides is 1. The molecule has 1 N–H and O–H groups in total. The molecule has 3 rings (SSSR count). The van der Waals surface area contributed by atoms with E-state index in [2.05, 4.69) is 10.2 Å². The Labute approximate surface area is 150 Å². The van der Waals surface area contributed by atoms with Gasteiger partial charge < -0.3 is 14.5 Å². The van der Waals surface area contributed by atoms with E-state index in [-0.39, 0.29) is 24.3 Å². The fourth-order valence-electron chi connectivity index (χ4n) is 2.75. The van der Waals surface area contributed by atoms with Crippen LogP contribution in [0.5, 0.6) is 5.75 Å². The number of para-hydroxylation sites is 1. The number of hydrogen-bond acceptors (Lipinski definition) is 5. The number of hydrogen-bond donors (Lipinski definition) is 1. The Hall–Kier alpha value is -1.99. The molecule has 1 amide bonds. The zero-order valence-corrected chi connectivity index (χ0v) is 14.6. The first kappa shape index (κ1) is 17.8. The fraction of sp³-hybridized carbons (Fsp3) is 0.389. The Bertz CT molecular complexity index is 675. The normalized spacial score (nSPS) is 16.4. The van der Waals surface area contributed by atoms with E-state index in [1.165, 1.54) is 12.1 Å². The number of thioether (sulfide) groups is 1. The van der Waals surface area contributed by atoms with Crippen LogP contribution in [0.3, 0.4) is 0 Å². The van der Waals surface area contributed by atoms with Crippen molar-refractivity contribution in [1.29, 1.82) is 0 Å². The van der Waals surface area contributed by atoms with Gasteiger partial charge in [0.2, 0.25) is 0 Å². The molecule has 1 aromatic carbocycles. The SMILES string of the molecule is O=C(COc1ccccc1F)NC[C@@H](c1ccco1)N1CCSCC1. The van der Waals surface area contributed by atoms with Crippen LogP contribution < -0.4 is 10.1 Å². The molecular formula is C18H21FN2O3S. The minimum atomic E-state index is -0.477. The third-order valence-electron chi connectivity index (χ3n) is 4.05. The number of benzene rings is 1. The third kappa shape index (κ3) is 4.99. The van der Waals surface area contributed by atoms with Gasteiger partial charge in [0.15, 0.2) is 18.2 Å². The Morgan fingerprint density at radius 2 is 2.08 bits per heavy atom. The lowest BCUT2D eigenvalue weighted by atomic mass is 10.2. The summed E-state index contributed by atoms with van der Waals surface area (Å²) in [6.07, 6.45) is 1.64. The monoisotopic (exact) mass is 364 g/mol. The van der Waals surface area contributed by atoms with Gasteiger partial charge in [0.25, 0.3) is 5.91 Å². The molecule has 1 aliphatic heterocycles. The number of carbonyl (C=O) groups is 1. The molecule has 0 spiro atoms. The highest BCUT2D eigenvalue weighted by Gasteiger charge is 2.25. The number of furan rings is 1. The maximum Gasteiger partial charge on any atom is 0.258 e. The van der Waals surface area contributed by atoms with Gasteiger partial charge in [0.05, 0.1) is 12.3 Å². The first-order valence-corrected chi connectivity index (χ1v) is 9.39. The van der Waals surface area contributed by atoms with Crippen molar-refractivity contribution in [1.82, 2.24) is 10.2 Å². The number of halogens is 1. The molecule has 0 saturated carbocycles. The first-order valence-electron chi connectivity index (χ1n) is 8.23. The number of ether oxygens (including phenoxy) is 1. The van der Waals surface area contributed by atoms with Crippen LogP contribution in [0.15, 0.2) is 47.1 Å². The summed E-state index contributed by atoms with van der Waals surface area (Å²) in [5.41, 5.74) is 0. The molecule has 0 aliphatic carbocycles. The second-order valence-electron chi connectivity index (χ2n) is 5.70. The third-order valence-corrected chi connectivity index (χ3v) is 4.99. The van der Waals surface area contributed by atoms with Gasteiger partial charge in [0.1, 0.15) is 5.76 Å². The van der Waals surface area contributed by atoms with Gasteiger partial charge in [-0.15, -0.1) is 0 Å². The van der Waals surface area contributed by atoms with Crippen LogP contribution in [-0.2, 0) is 4.79 Å². The quantitative estimate of drug-likeness (QED) is 0.819. The predicted octanol–water partition coefficient (Wildman–Crippen LogP) is 2.70. The van der Waals surface area contributed by atoms with Crippen molar-refractivity contribution in [3.63, 3.8) is 0 Å². The molecular weight excluding hydrogens is 343 g/mol. The van der Waals surface area contributed by atoms with E-state index in [0.29, 0.717) is 6.54 Å². The lowest BCUT2D eigenvalue weighted by molar-refractivity contribution is -0.123. The summed E-state index contributed by atoms with van der Waals surface area (Å²) in [6.45, 7) is 2.12. The number of nitrogens with one attached hydrogen (secondary N) is 1. The summed E-state index contributed by atoms with van der Waals surface area (Å²) < 4.78 is 24.3. The Morgan fingerprint density at radius 1 is 1.28 bits per heavy atom. The van der Waals surface area contributed by atoms with Crippen molar-refractivity contribution in [3.8, 4) is 5.75 Å². The number of rotatable bonds is 7. The molecule has 1 fully saturated rings. The zero-order chi connectivity index (χ0) is 17.5. The molecule has 0 bridgehead atoms. The molecule has 1 saturated heterocycles. The molecule has 0 unspecified atom stereocenters. The van der Waals surface area contributed by atoms with Crippen molar-refractivity contribution < 1.29 is 18.3 Å². The Balaban J connectivity index is 1.53. The van der Waals surface area contributed by atoms with E-state index >= 15 is 0 Å². The average Bonchev–Trinajstić information content (AvgIpc) is 3.16. The van der Waals surface area contributed by atoms with Gasteiger partial charge in [-0.1, -0.05) is 12.1 Å². The van der Waals surface area contributed by atoms with E-state index in [0.717, 1.165) is 30.4 Å². The Morgan fingerprint density at radius 3 is 2.80 bits per heavy atom. The van der Waals surface area contributed by atoms with Crippen molar-refractivity contribution in [2.75, 3.05) is 37.7 Å². The fourth-order valence-corrected chi connectivity index (χ4v) is 3.68. The van der Waals surface area contributed by atoms with Crippen molar-refractivity contribution >= 4 is 17.7 Å². The minimum absolute atomic E-state index is 0.00619. The highest BCUT2D eigenvalue weighted by molar-refractivity contribution is 7.99. The van der Waals surface area contributed by atoms with Gasteiger partial charge in [-0.05, 0) is 24.3 Å². The van der Waals surface area contributed by atoms with E-state index < -0.39 is 5.82 Å². The van der Waals surface area contributed by atoms with Gasteiger partial charge >= 0.3 is 0 Å². The standard InChI is InChI=1S/C18H21FN2O3S/c19-14-4-1-2-5-16(14)24-13-18(22)20-12-15(17-6-3-9-23-17)21-7-10-25-11-8-21/h1-6,9,15H,7-8,10-13H2,(H,20,22)/t15-/m0/s1. The van der Waals surface area contributed by atoms with E-state index in [9.17, 15) is 9.18 Å². The predicted molar refractivity (Wildman–Crippen MR) is 95.3 cm³/mol. The van der Waals surface area contributed by atoms with Crippen LogP contribution in [0.25, 0.3) is 0 Å². The van der Waals surface area contributed by atoms with E-state index in [1.807, 2.05) is 23.9 Å². The largest absolute Gasteiger partial charge is 0.481 e. The van der Waals surface area contributed by atoms with Crippen molar-refractivity contribution in [2.45, 2.75) is 6.04 Å². The highest BCUT2D eigenvalue weighted by atomic mass is 32.2. The molecule has 1 aromatic heterocycles. The lowest BCUT2D eigenvalue weighted by Crippen LogP contribution is -2.42. The molecule has 134 valence electrons. The topological polar surface area (TPSA) is 54.7 Å². The van der Waals surface area contributed by atoms with E-state index in [1.54, 1.807) is 18.4 Å². The molecule has 25 heavy (non-hydrogen) atoms. The zero-order valence-electron chi connectivity index (χ0n) is 13.8. The summed E-state index contributed by atoms with van der Waals surface area (Å²) in [6, 6.07) is 9.81. The van der Waals surface area contributed by atoms with Crippen LogP contribution in [0.2, 0.25) is 0 Å². The average molecular weight is 364 g/mol. The summed E-state index contributed by atoms with van der Waals surface area (Å²) in [7, 11) is 0. The van der Waals surface area contributed by atoms with Crippen LogP contribution in [0, 0.1) is 5.82 Å². The molecule has 7 heteroatoms. The maximum absolute atomic E-state index is 13.5. The summed E-state index contributed by atoms with van der Waals surface area (Å²) in [5, 5.41) is 2.86. The molecule has 2 heterocycles. The summed E-state index contributed by atoms with van der Waals surface area (Å²) >= 11 is 1.93. The number of carbonyl (C=O) groups excluding carboxylic acids is 1. The molecule has 0 radical (unpaired) electrons. The van der Waals surface area contributed by atoms with Crippen molar-refractivity contribution in [2.24, 2.45) is 0 Å². The second-order valence-corrected chi connectivity index (χ2v) is 6.93.